The van der Waals surface area contributed by atoms with Crippen LogP contribution in [0.25, 0.3) is 0 Å². The van der Waals surface area contributed by atoms with Crippen LogP contribution in [0.1, 0.15) is 52.7 Å². The molecule has 0 saturated heterocycles. The fourth-order valence-corrected chi connectivity index (χ4v) is 3.44. The van der Waals surface area contributed by atoms with Crippen LogP contribution in [0.4, 0.5) is 0 Å². The van der Waals surface area contributed by atoms with Gasteiger partial charge in [-0.15, -0.1) is 11.3 Å². The van der Waals surface area contributed by atoms with E-state index in [2.05, 4.69) is 32.9 Å². The minimum atomic E-state index is 0.109. The number of hydrogen-bond acceptors (Lipinski definition) is 2. The Morgan fingerprint density at radius 2 is 1.65 bits per heavy atom. The van der Waals surface area contributed by atoms with Gasteiger partial charge in [0, 0.05) is 5.56 Å². The summed E-state index contributed by atoms with van der Waals surface area (Å²) in [5.41, 5.74) is 4.48. The Morgan fingerprint density at radius 3 is 2.05 bits per heavy atom. The molecule has 2 rings (SSSR count). The van der Waals surface area contributed by atoms with Gasteiger partial charge in [0.1, 0.15) is 0 Å². The number of hydrogen-bond donors (Lipinski definition) is 0. The van der Waals surface area contributed by atoms with Crippen molar-refractivity contribution in [1.82, 2.24) is 0 Å². The van der Waals surface area contributed by atoms with Crippen LogP contribution in [0.5, 0.6) is 0 Å². The average Bonchev–Trinajstić information content (AvgIpc) is 2.91. The van der Waals surface area contributed by atoms with Gasteiger partial charge in [0.2, 0.25) is 5.78 Å². The monoisotopic (exact) mass is 306 g/mol. The van der Waals surface area contributed by atoms with Gasteiger partial charge in [-0.1, -0.05) is 44.5 Å². The van der Waals surface area contributed by atoms with Gasteiger partial charge in [0.25, 0.3) is 0 Å². The molecule has 0 spiro atoms. The second kappa shape index (κ2) is 6.55. The zero-order valence-corrected chi connectivity index (χ0v) is 13.7. The Bertz CT molecular complexity index is 603. The van der Waals surface area contributed by atoms with Crippen molar-refractivity contribution in [2.75, 3.05) is 0 Å². The molecule has 1 nitrogen and oxygen atoms in total. The molecular weight excluding hydrogens is 288 g/mol. The molecule has 1 aromatic carbocycles. The topological polar surface area (TPSA) is 17.1 Å². The van der Waals surface area contributed by atoms with Crippen molar-refractivity contribution in [3.05, 3.63) is 55.7 Å². The molecule has 0 unspecified atom stereocenters. The van der Waals surface area contributed by atoms with Gasteiger partial charge in [-0.3, -0.25) is 4.79 Å². The molecule has 1 aromatic heterocycles. The van der Waals surface area contributed by atoms with Crippen molar-refractivity contribution in [2.45, 2.75) is 40.0 Å². The van der Waals surface area contributed by atoms with Crippen LogP contribution >= 0.6 is 22.9 Å². The van der Waals surface area contributed by atoms with Crippen LogP contribution in [0.3, 0.4) is 0 Å². The zero-order chi connectivity index (χ0) is 14.7. The van der Waals surface area contributed by atoms with E-state index in [-0.39, 0.29) is 5.78 Å². The molecule has 0 fully saturated rings. The van der Waals surface area contributed by atoms with Crippen LogP contribution in [0, 0.1) is 0 Å². The standard InChI is InChI=1S/C17H19ClOS/c1-4-11-9-12(5-2)16(13(6-3)10-11)17(19)14-7-8-15(18)20-14/h7-10H,4-6H2,1-3H3. The first-order valence-corrected chi connectivity index (χ1v) is 8.24. The van der Waals surface area contributed by atoms with Gasteiger partial charge in [-0.25, -0.2) is 0 Å². The largest absolute Gasteiger partial charge is 0.288 e. The molecule has 20 heavy (non-hydrogen) atoms. The molecule has 0 aliphatic carbocycles. The van der Waals surface area contributed by atoms with Crippen molar-refractivity contribution in [2.24, 2.45) is 0 Å². The molecule has 0 atom stereocenters. The minimum Gasteiger partial charge on any atom is -0.288 e. The van der Waals surface area contributed by atoms with E-state index in [4.69, 9.17) is 11.6 Å². The summed E-state index contributed by atoms with van der Waals surface area (Å²) in [6.45, 7) is 6.35. The molecule has 0 N–H and O–H groups in total. The van der Waals surface area contributed by atoms with Crippen LogP contribution in [-0.4, -0.2) is 5.78 Å². The lowest BCUT2D eigenvalue weighted by molar-refractivity contribution is 0.104. The summed E-state index contributed by atoms with van der Waals surface area (Å²) >= 11 is 7.31. The summed E-state index contributed by atoms with van der Waals surface area (Å²) in [7, 11) is 0. The van der Waals surface area contributed by atoms with Crippen LogP contribution in [-0.2, 0) is 19.3 Å². The molecular formula is C17H19ClOS. The van der Waals surface area contributed by atoms with Crippen molar-refractivity contribution >= 4 is 28.7 Å². The van der Waals surface area contributed by atoms with E-state index in [1.54, 1.807) is 6.07 Å². The summed E-state index contributed by atoms with van der Waals surface area (Å²) in [6.07, 6.45) is 2.75. The predicted octanol–water partition coefficient (Wildman–Crippen LogP) is 5.32. The molecule has 3 heteroatoms. The van der Waals surface area contributed by atoms with Gasteiger partial charge in [-0.2, -0.15) is 0 Å². The van der Waals surface area contributed by atoms with Crippen molar-refractivity contribution in [1.29, 1.82) is 0 Å². The van der Waals surface area contributed by atoms with Crippen LogP contribution < -0.4 is 0 Å². The molecule has 0 aliphatic rings. The highest BCUT2D eigenvalue weighted by atomic mass is 35.5. The maximum absolute atomic E-state index is 12.8. The average molecular weight is 307 g/mol. The molecule has 0 bridgehead atoms. The van der Waals surface area contributed by atoms with Gasteiger partial charge in [0.15, 0.2) is 0 Å². The number of ketones is 1. The Kier molecular flexibility index (Phi) is 5.00. The number of aryl methyl sites for hydroxylation is 3. The summed E-state index contributed by atoms with van der Waals surface area (Å²) in [5, 5.41) is 0. The summed E-state index contributed by atoms with van der Waals surface area (Å²) in [5.74, 6) is 0.109. The Balaban J connectivity index is 2.56. The lowest BCUT2D eigenvalue weighted by Gasteiger charge is -2.14. The number of thiophene rings is 1. The van der Waals surface area contributed by atoms with E-state index in [1.165, 1.54) is 16.9 Å². The lowest BCUT2D eigenvalue weighted by Crippen LogP contribution is -2.09. The van der Waals surface area contributed by atoms with E-state index < -0.39 is 0 Å². The number of halogens is 1. The first-order chi connectivity index (χ1) is 9.60. The normalized spacial score (nSPS) is 10.8. The molecule has 2 aromatic rings. The van der Waals surface area contributed by atoms with E-state index >= 15 is 0 Å². The summed E-state index contributed by atoms with van der Waals surface area (Å²) in [4.78, 5) is 13.5. The van der Waals surface area contributed by atoms with Gasteiger partial charge in [-0.05, 0) is 48.1 Å². The second-order valence-corrected chi connectivity index (χ2v) is 6.50. The summed E-state index contributed by atoms with van der Waals surface area (Å²) < 4.78 is 0.662. The van der Waals surface area contributed by atoms with Crippen molar-refractivity contribution < 1.29 is 4.79 Å². The van der Waals surface area contributed by atoms with E-state index in [0.717, 1.165) is 40.8 Å². The number of carbonyl (C=O) groups excluding carboxylic acids is 1. The Labute approximate surface area is 129 Å². The summed E-state index contributed by atoms with van der Waals surface area (Å²) in [6, 6.07) is 7.95. The third kappa shape index (κ3) is 2.97. The fourth-order valence-electron chi connectivity index (χ4n) is 2.45. The number of benzene rings is 1. The van der Waals surface area contributed by atoms with Gasteiger partial charge in [0.05, 0.1) is 9.21 Å². The van der Waals surface area contributed by atoms with E-state index in [1.807, 2.05) is 6.07 Å². The third-order valence-corrected chi connectivity index (χ3v) is 4.79. The van der Waals surface area contributed by atoms with Crippen molar-refractivity contribution in [3.8, 4) is 0 Å². The van der Waals surface area contributed by atoms with Crippen molar-refractivity contribution in [3.63, 3.8) is 0 Å². The second-order valence-electron chi connectivity index (χ2n) is 4.78. The van der Waals surface area contributed by atoms with Crippen LogP contribution in [0.2, 0.25) is 4.34 Å². The quantitative estimate of drug-likeness (QED) is 0.683. The zero-order valence-electron chi connectivity index (χ0n) is 12.1. The highest BCUT2D eigenvalue weighted by Crippen LogP contribution is 2.28. The Morgan fingerprint density at radius 1 is 1.05 bits per heavy atom. The lowest BCUT2D eigenvalue weighted by atomic mass is 9.91. The van der Waals surface area contributed by atoms with Gasteiger partial charge >= 0.3 is 0 Å². The predicted molar refractivity (Wildman–Crippen MR) is 87.3 cm³/mol. The van der Waals surface area contributed by atoms with Crippen LogP contribution in [0.15, 0.2) is 24.3 Å². The highest BCUT2D eigenvalue weighted by Gasteiger charge is 2.19. The first-order valence-electron chi connectivity index (χ1n) is 7.05. The SMILES string of the molecule is CCc1cc(CC)c(C(=O)c2ccc(Cl)s2)c(CC)c1. The number of rotatable bonds is 5. The first kappa shape index (κ1) is 15.3. The van der Waals surface area contributed by atoms with E-state index in [0.29, 0.717) is 4.34 Å². The van der Waals surface area contributed by atoms with E-state index in [9.17, 15) is 4.79 Å². The Hall–Kier alpha value is -1.12. The molecule has 1 heterocycles. The molecule has 0 radical (unpaired) electrons. The van der Waals surface area contributed by atoms with Gasteiger partial charge < -0.3 is 0 Å². The smallest absolute Gasteiger partial charge is 0.203 e. The third-order valence-electron chi connectivity index (χ3n) is 3.56. The fraction of sp³-hybridized carbons (Fsp3) is 0.353. The molecule has 0 amide bonds. The highest BCUT2D eigenvalue weighted by molar-refractivity contribution is 7.18. The molecule has 106 valence electrons. The number of carbonyl (C=O) groups is 1. The maximum atomic E-state index is 12.8. The molecule has 0 aliphatic heterocycles. The maximum Gasteiger partial charge on any atom is 0.203 e. The molecule has 0 saturated carbocycles. The minimum absolute atomic E-state index is 0.109.